The molecule has 0 saturated carbocycles. The van der Waals surface area contributed by atoms with Gasteiger partial charge in [0.15, 0.2) is 0 Å². The van der Waals surface area contributed by atoms with Crippen molar-refractivity contribution in [3.8, 4) is 0 Å². The van der Waals surface area contributed by atoms with E-state index in [2.05, 4.69) is 12.1 Å². The maximum Gasteiger partial charge on any atom is 0.0447 e. The van der Waals surface area contributed by atoms with E-state index in [9.17, 15) is 0 Å². The Labute approximate surface area is 83.1 Å². The average molecular weight is 190 g/mol. The first-order chi connectivity index (χ1) is 6.33. The molecule has 0 fully saturated rings. The van der Waals surface area contributed by atoms with Gasteiger partial charge in [-0.2, -0.15) is 0 Å². The highest BCUT2D eigenvalue weighted by atomic mass is 35.5. The summed E-state index contributed by atoms with van der Waals surface area (Å²) in [7, 11) is 0. The van der Waals surface area contributed by atoms with Gasteiger partial charge in [-0.25, -0.2) is 0 Å². The lowest BCUT2D eigenvalue weighted by molar-refractivity contribution is 1.46. The third kappa shape index (κ3) is 1.42. The standard InChI is InChI=1S/C12H10Cl/c1-2-10-11-6-4-3-5-9(11)7-8-12(10)13/h2-8H,1H3. The molecule has 0 aliphatic heterocycles. The summed E-state index contributed by atoms with van der Waals surface area (Å²) in [6.07, 6.45) is 2.05. The summed E-state index contributed by atoms with van der Waals surface area (Å²) in [6, 6.07) is 12.3. The molecule has 65 valence electrons. The van der Waals surface area contributed by atoms with Gasteiger partial charge >= 0.3 is 0 Å². The van der Waals surface area contributed by atoms with Crippen LogP contribution in [0.2, 0.25) is 5.02 Å². The Balaban J connectivity index is 2.84. The van der Waals surface area contributed by atoms with Crippen LogP contribution in [0, 0.1) is 6.42 Å². The molecule has 2 aromatic rings. The van der Waals surface area contributed by atoms with Crippen molar-refractivity contribution in [1.82, 2.24) is 0 Å². The quantitative estimate of drug-likeness (QED) is 0.635. The van der Waals surface area contributed by atoms with Crippen LogP contribution in [0.25, 0.3) is 10.8 Å². The second-order valence-electron chi connectivity index (χ2n) is 2.97. The molecule has 0 aromatic heterocycles. The van der Waals surface area contributed by atoms with Crippen molar-refractivity contribution in [3.63, 3.8) is 0 Å². The molecular formula is C12H10Cl. The van der Waals surface area contributed by atoms with E-state index in [0.29, 0.717) is 0 Å². The van der Waals surface area contributed by atoms with E-state index in [0.717, 1.165) is 10.6 Å². The van der Waals surface area contributed by atoms with Crippen LogP contribution in [0.15, 0.2) is 36.4 Å². The van der Waals surface area contributed by atoms with Crippen molar-refractivity contribution < 1.29 is 0 Å². The molecule has 0 aliphatic rings. The smallest absolute Gasteiger partial charge is 0.0447 e. The van der Waals surface area contributed by atoms with Crippen LogP contribution in [0.1, 0.15) is 12.5 Å². The number of halogens is 1. The monoisotopic (exact) mass is 189 g/mol. The van der Waals surface area contributed by atoms with Crippen LogP contribution >= 0.6 is 11.6 Å². The minimum Gasteiger partial charge on any atom is -0.0840 e. The Morgan fingerprint density at radius 3 is 2.62 bits per heavy atom. The van der Waals surface area contributed by atoms with E-state index in [4.69, 9.17) is 11.6 Å². The zero-order chi connectivity index (χ0) is 9.26. The number of fused-ring (bicyclic) bond motifs is 1. The summed E-state index contributed by atoms with van der Waals surface area (Å²) < 4.78 is 0. The van der Waals surface area contributed by atoms with Gasteiger partial charge in [0.05, 0.1) is 0 Å². The molecule has 0 aliphatic carbocycles. The molecule has 0 bridgehead atoms. The van der Waals surface area contributed by atoms with E-state index >= 15 is 0 Å². The summed E-state index contributed by atoms with van der Waals surface area (Å²) in [5, 5.41) is 3.28. The van der Waals surface area contributed by atoms with E-state index in [1.165, 1.54) is 10.8 Å². The fourth-order valence-corrected chi connectivity index (χ4v) is 1.84. The molecule has 2 rings (SSSR count). The molecule has 0 atom stereocenters. The lowest BCUT2D eigenvalue weighted by Gasteiger charge is -2.05. The molecule has 0 nitrogen and oxygen atoms in total. The second-order valence-corrected chi connectivity index (χ2v) is 3.38. The summed E-state index contributed by atoms with van der Waals surface area (Å²) in [5.74, 6) is 0. The number of hydrogen-bond donors (Lipinski definition) is 0. The zero-order valence-electron chi connectivity index (χ0n) is 7.42. The summed E-state index contributed by atoms with van der Waals surface area (Å²) in [5.41, 5.74) is 1.12. The Morgan fingerprint density at radius 2 is 1.85 bits per heavy atom. The van der Waals surface area contributed by atoms with Crippen LogP contribution in [0.5, 0.6) is 0 Å². The Kier molecular flexibility index (Phi) is 2.24. The van der Waals surface area contributed by atoms with E-state index < -0.39 is 0 Å². The minimum absolute atomic E-state index is 0.821. The highest BCUT2D eigenvalue weighted by Gasteiger charge is 2.02. The fraction of sp³-hybridized carbons (Fsp3) is 0.0833. The van der Waals surface area contributed by atoms with Crippen molar-refractivity contribution in [2.24, 2.45) is 0 Å². The summed E-state index contributed by atoms with van der Waals surface area (Å²) in [6.45, 7) is 2.01. The third-order valence-corrected chi connectivity index (χ3v) is 2.54. The van der Waals surface area contributed by atoms with Gasteiger partial charge in [0.1, 0.15) is 0 Å². The number of benzene rings is 2. The molecule has 0 spiro atoms. The highest BCUT2D eigenvalue weighted by molar-refractivity contribution is 6.32. The van der Waals surface area contributed by atoms with Gasteiger partial charge in [-0.1, -0.05) is 48.9 Å². The van der Waals surface area contributed by atoms with Crippen molar-refractivity contribution in [3.05, 3.63) is 53.4 Å². The minimum atomic E-state index is 0.821. The van der Waals surface area contributed by atoms with E-state index in [-0.39, 0.29) is 0 Å². The Morgan fingerprint density at radius 1 is 1.08 bits per heavy atom. The van der Waals surface area contributed by atoms with Gasteiger partial charge in [-0.3, -0.25) is 0 Å². The molecule has 1 radical (unpaired) electrons. The predicted octanol–water partition coefficient (Wildman–Crippen LogP) is 4.07. The lowest BCUT2D eigenvalue weighted by Crippen LogP contribution is -1.82. The first kappa shape index (κ1) is 8.58. The molecule has 0 amide bonds. The van der Waals surface area contributed by atoms with Gasteiger partial charge in [0.2, 0.25) is 0 Å². The average Bonchev–Trinajstić information content (AvgIpc) is 2.18. The first-order valence-electron chi connectivity index (χ1n) is 4.29. The molecule has 2 aromatic carbocycles. The van der Waals surface area contributed by atoms with Crippen molar-refractivity contribution in [2.75, 3.05) is 0 Å². The number of rotatable bonds is 1. The maximum atomic E-state index is 6.07. The number of hydrogen-bond acceptors (Lipinski definition) is 0. The van der Waals surface area contributed by atoms with Crippen molar-refractivity contribution in [2.45, 2.75) is 6.92 Å². The first-order valence-corrected chi connectivity index (χ1v) is 4.67. The zero-order valence-corrected chi connectivity index (χ0v) is 8.18. The Hall–Kier alpha value is -1.01. The Bertz CT molecular complexity index is 432. The molecular weight excluding hydrogens is 180 g/mol. The predicted molar refractivity (Wildman–Crippen MR) is 58.0 cm³/mol. The molecule has 0 unspecified atom stereocenters. The summed E-state index contributed by atoms with van der Waals surface area (Å²) in [4.78, 5) is 0. The SMILES string of the molecule is C[CH]c1c(Cl)ccc2ccccc12. The van der Waals surface area contributed by atoms with Crippen LogP contribution in [-0.4, -0.2) is 0 Å². The van der Waals surface area contributed by atoms with Gasteiger partial charge in [-0.15, -0.1) is 0 Å². The molecule has 1 heteroatoms. The van der Waals surface area contributed by atoms with Gasteiger partial charge < -0.3 is 0 Å². The van der Waals surface area contributed by atoms with E-state index in [1.807, 2.05) is 37.6 Å². The second kappa shape index (κ2) is 3.39. The van der Waals surface area contributed by atoms with Crippen LogP contribution in [0.4, 0.5) is 0 Å². The molecule has 13 heavy (non-hydrogen) atoms. The normalized spacial score (nSPS) is 10.6. The highest BCUT2D eigenvalue weighted by Crippen LogP contribution is 2.26. The van der Waals surface area contributed by atoms with Crippen molar-refractivity contribution in [1.29, 1.82) is 0 Å². The fourth-order valence-electron chi connectivity index (χ4n) is 1.56. The largest absolute Gasteiger partial charge is 0.0840 e. The van der Waals surface area contributed by atoms with Crippen LogP contribution < -0.4 is 0 Å². The van der Waals surface area contributed by atoms with Gasteiger partial charge in [0, 0.05) is 5.02 Å². The lowest BCUT2D eigenvalue weighted by atomic mass is 10.0. The molecule has 0 heterocycles. The van der Waals surface area contributed by atoms with Gasteiger partial charge in [-0.05, 0) is 28.8 Å². The van der Waals surface area contributed by atoms with Gasteiger partial charge in [0.25, 0.3) is 0 Å². The van der Waals surface area contributed by atoms with Crippen LogP contribution in [-0.2, 0) is 0 Å². The summed E-state index contributed by atoms with van der Waals surface area (Å²) >= 11 is 6.07. The van der Waals surface area contributed by atoms with E-state index in [1.54, 1.807) is 0 Å². The topological polar surface area (TPSA) is 0 Å². The molecule has 0 N–H and O–H groups in total. The molecule has 0 saturated heterocycles. The third-order valence-electron chi connectivity index (χ3n) is 2.21. The van der Waals surface area contributed by atoms with Crippen molar-refractivity contribution >= 4 is 22.4 Å². The maximum absolute atomic E-state index is 6.07. The van der Waals surface area contributed by atoms with Crippen LogP contribution in [0.3, 0.4) is 0 Å².